The Morgan fingerprint density at radius 3 is 2.10 bits per heavy atom. The smallest absolute Gasteiger partial charge is 0.0980 e. The summed E-state index contributed by atoms with van der Waals surface area (Å²) in [6.45, 7) is 12.4. The number of aryl methyl sites for hydroxylation is 2. The number of halogens is 1. The highest BCUT2D eigenvalue weighted by Gasteiger charge is 2.03. The highest BCUT2D eigenvalue weighted by atomic mass is 79.9. The van der Waals surface area contributed by atoms with Crippen LogP contribution in [0.25, 0.3) is 0 Å². The van der Waals surface area contributed by atoms with Crippen molar-refractivity contribution in [1.82, 2.24) is 0 Å². The van der Waals surface area contributed by atoms with Crippen LogP contribution >= 0.6 is 15.9 Å². The van der Waals surface area contributed by atoms with E-state index in [4.69, 9.17) is 14.9 Å². The van der Waals surface area contributed by atoms with Crippen LogP contribution in [0.1, 0.15) is 25.0 Å². The third-order valence-corrected chi connectivity index (χ3v) is 3.89. The largest absolute Gasteiger partial charge is 0.394 e. The molecule has 0 aliphatic rings. The molecule has 0 amide bonds. The molecule has 29 heavy (non-hydrogen) atoms. The number of hydrogen-bond donors (Lipinski definition) is 3. The van der Waals surface area contributed by atoms with Crippen molar-refractivity contribution >= 4 is 27.3 Å². The van der Waals surface area contributed by atoms with Crippen LogP contribution in [0, 0.1) is 13.8 Å². The van der Waals surface area contributed by atoms with E-state index < -0.39 is 0 Å². The molecule has 2 aromatic carbocycles. The first-order valence-corrected chi connectivity index (χ1v) is 11.1. The summed E-state index contributed by atoms with van der Waals surface area (Å²) in [5.74, 6) is 0. The van der Waals surface area contributed by atoms with Crippen molar-refractivity contribution in [2.24, 2.45) is 0 Å². The first kappa shape index (κ1) is 27.4. The van der Waals surface area contributed by atoms with Crippen LogP contribution in [-0.4, -0.2) is 55.2 Å². The Hall–Kier alpha value is -1.60. The number of alkyl halides is 1. The summed E-state index contributed by atoms with van der Waals surface area (Å²) in [5.41, 5.74) is 5.08. The molecule has 0 unspecified atom stereocenters. The fourth-order valence-corrected chi connectivity index (χ4v) is 2.59. The van der Waals surface area contributed by atoms with Gasteiger partial charge in [0.1, 0.15) is 0 Å². The maximum atomic E-state index is 8.60. The molecule has 0 aliphatic heterocycles. The van der Waals surface area contributed by atoms with Crippen LogP contribution in [0.2, 0.25) is 0 Å². The van der Waals surface area contributed by atoms with Crippen molar-refractivity contribution in [2.75, 3.05) is 55.2 Å². The standard InChI is InChI=1S/C13H21NO2.C9H13N.CH3BrO/c1-3-14(7-9-16-10-8-15)13-6-4-5-12(2)11-13;1-3-10-9-6-4-5-8(2)7-9;2-1-3/h4-6,11,15H,3,7-10H2,1-2H3;4-7,10H,3H2,1-2H3;3H,1H2. The number of ether oxygens (including phenoxy) is 1. The van der Waals surface area contributed by atoms with E-state index in [0.29, 0.717) is 13.2 Å². The summed E-state index contributed by atoms with van der Waals surface area (Å²) in [7, 11) is 0. The molecule has 0 fully saturated rings. The van der Waals surface area contributed by atoms with Gasteiger partial charge in [0.2, 0.25) is 0 Å². The van der Waals surface area contributed by atoms with E-state index in [-0.39, 0.29) is 12.1 Å². The second kappa shape index (κ2) is 18.4. The van der Waals surface area contributed by atoms with Gasteiger partial charge in [0.25, 0.3) is 0 Å². The molecule has 0 radical (unpaired) electrons. The average Bonchev–Trinajstić information content (AvgIpc) is 2.70. The van der Waals surface area contributed by atoms with Gasteiger partial charge in [-0.05, 0) is 63.1 Å². The van der Waals surface area contributed by atoms with Crippen molar-refractivity contribution in [1.29, 1.82) is 0 Å². The molecule has 0 saturated carbocycles. The number of aliphatic hydroxyl groups is 2. The minimum atomic E-state index is 0.0625. The summed E-state index contributed by atoms with van der Waals surface area (Å²) in [4.78, 5) is 2.27. The van der Waals surface area contributed by atoms with Crippen LogP contribution in [0.5, 0.6) is 0 Å². The lowest BCUT2D eigenvalue weighted by Crippen LogP contribution is -2.27. The van der Waals surface area contributed by atoms with Gasteiger partial charge in [0, 0.05) is 31.0 Å². The molecule has 2 rings (SSSR count). The van der Waals surface area contributed by atoms with E-state index in [1.165, 1.54) is 22.5 Å². The maximum absolute atomic E-state index is 8.60. The van der Waals surface area contributed by atoms with Crippen LogP contribution in [0.3, 0.4) is 0 Å². The van der Waals surface area contributed by atoms with E-state index in [1.807, 2.05) is 0 Å². The van der Waals surface area contributed by atoms with E-state index >= 15 is 0 Å². The van der Waals surface area contributed by atoms with Crippen molar-refractivity contribution < 1.29 is 14.9 Å². The molecule has 164 valence electrons. The summed E-state index contributed by atoms with van der Waals surface area (Å²) in [6.07, 6.45) is 0. The Labute approximate surface area is 184 Å². The number of nitrogens with one attached hydrogen (secondary N) is 1. The molecule has 0 heterocycles. The van der Waals surface area contributed by atoms with Crippen molar-refractivity contribution in [3.05, 3.63) is 59.7 Å². The van der Waals surface area contributed by atoms with Gasteiger partial charge in [-0.1, -0.05) is 40.2 Å². The van der Waals surface area contributed by atoms with Gasteiger partial charge < -0.3 is 25.2 Å². The minimum absolute atomic E-state index is 0.0625. The predicted octanol–water partition coefficient (Wildman–Crippen LogP) is 4.59. The summed E-state index contributed by atoms with van der Waals surface area (Å²) in [5, 5.41) is 19.3. The Balaban J connectivity index is 0.000000514. The summed E-state index contributed by atoms with van der Waals surface area (Å²) in [6, 6.07) is 16.8. The number of nitrogens with zero attached hydrogens (tertiary/aromatic N) is 1. The normalized spacial score (nSPS) is 9.62. The fraction of sp³-hybridized carbons (Fsp3) is 0.478. The van der Waals surface area contributed by atoms with Crippen molar-refractivity contribution in [2.45, 2.75) is 27.7 Å². The molecular formula is C23H37BrN2O3. The molecule has 0 aliphatic carbocycles. The first-order chi connectivity index (χ1) is 14.0. The Bertz CT molecular complexity index is 641. The lowest BCUT2D eigenvalue weighted by Gasteiger charge is -2.23. The van der Waals surface area contributed by atoms with Gasteiger partial charge in [-0.25, -0.2) is 0 Å². The van der Waals surface area contributed by atoms with E-state index in [0.717, 1.165) is 19.6 Å². The quantitative estimate of drug-likeness (QED) is 0.371. The highest BCUT2D eigenvalue weighted by Crippen LogP contribution is 2.15. The second-order valence-electron chi connectivity index (χ2n) is 6.27. The number of likely N-dealkylation sites (N-methyl/N-ethyl adjacent to an activating group) is 1. The Morgan fingerprint density at radius 2 is 1.59 bits per heavy atom. The third-order valence-electron chi connectivity index (χ3n) is 3.89. The van der Waals surface area contributed by atoms with Crippen LogP contribution < -0.4 is 10.2 Å². The minimum Gasteiger partial charge on any atom is -0.394 e. The predicted molar refractivity (Wildman–Crippen MR) is 128 cm³/mol. The summed E-state index contributed by atoms with van der Waals surface area (Å²) >= 11 is 2.70. The molecule has 3 N–H and O–H groups in total. The topological polar surface area (TPSA) is 65.0 Å². The van der Waals surface area contributed by atoms with Gasteiger partial charge in [0.05, 0.1) is 25.3 Å². The fourth-order valence-electron chi connectivity index (χ4n) is 2.59. The van der Waals surface area contributed by atoms with Crippen molar-refractivity contribution in [3.63, 3.8) is 0 Å². The molecule has 5 nitrogen and oxygen atoms in total. The van der Waals surface area contributed by atoms with Gasteiger partial charge in [0.15, 0.2) is 0 Å². The number of rotatable bonds is 9. The zero-order valence-corrected chi connectivity index (χ0v) is 19.8. The third kappa shape index (κ3) is 14.1. The van der Waals surface area contributed by atoms with E-state index in [9.17, 15) is 0 Å². The van der Waals surface area contributed by atoms with Crippen LogP contribution in [0.4, 0.5) is 11.4 Å². The summed E-state index contributed by atoms with van der Waals surface area (Å²) < 4.78 is 5.28. The maximum Gasteiger partial charge on any atom is 0.0980 e. The number of benzene rings is 2. The van der Waals surface area contributed by atoms with Gasteiger partial charge in [-0.15, -0.1) is 0 Å². The molecule has 0 saturated heterocycles. The second-order valence-corrected chi connectivity index (χ2v) is 6.78. The Kier molecular flexibility index (Phi) is 17.4. The molecule has 0 bridgehead atoms. The van der Waals surface area contributed by atoms with E-state index in [1.54, 1.807) is 0 Å². The number of aliphatic hydroxyl groups excluding tert-OH is 2. The van der Waals surface area contributed by atoms with Crippen LogP contribution in [-0.2, 0) is 4.74 Å². The Morgan fingerprint density at radius 1 is 0.966 bits per heavy atom. The lowest BCUT2D eigenvalue weighted by molar-refractivity contribution is 0.0967. The number of hydrogen-bond acceptors (Lipinski definition) is 5. The highest BCUT2D eigenvalue weighted by molar-refractivity contribution is 9.09. The molecule has 2 aromatic rings. The average molecular weight is 469 g/mol. The molecule has 0 spiro atoms. The molecule has 0 atom stereocenters. The van der Waals surface area contributed by atoms with Gasteiger partial charge in [-0.3, -0.25) is 0 Å². The first-order valence-electron chi connectivity index (χ1n) is 9.99. The molecule has 6 heteroatoms. The van der Waals surface area contributed by atoms with Gasteiger partial charge >= 0.3 is 0 Å². The monoisotopic (exact) mass is 468 g/mol. The lowest BCUT2D eigenvalue weighted by atomic mass is 10.2. The van der Waals surface area contributed by atoms with Crippen LogP contribution in [0.15, 0.2) is 48.5 Å². The zero-order valence-electron chi connectivity index (χ0n) is 18.2. The SMILES string of the molecule is CCN(CCOCCO)c1cccc(C)c1.CCNc1cccc(C)c1.OCBr. The number of anilines is 2. The molecular weight excluding hydrogens is 432 g/mol. The zero-order chi connectivity index (χ0) is 21.9. The van der Waals surface area contributed by atoms with Crippen molar-refractivity contribution in [3.8, 4) is 0 Å². The van der Waals surface area contributed by atoms with E-state index in [2.05, 4.69) is 102 Å². The van der Waals surface area contributed by atoms with Gasteiger partial charge in [-0.2, -0.15) is 0 Å². The molecule has 0 aromatic heterocycles.